The first-order valence-corrected chi connectivity index (χ1v) is 7.01. The van der Waals surface area contributed by atoms with Crippen LogP contribution in [-0.2, 0) is 5.41 Å². The third kappa shape index (κ3) is 4.27. The van der Waals surface area contributed by atoms with E-state index in [0.717, 1.165) is 5.75 Å². The third-order valence-electron chi connectivity index (χ3n) is 3.18. The summed E-state index contributed by atoms with van der Waals surface area (Å²) in [7, 11) is 0. The monoisotopic (exact) mass is 266 g/mol. The first-order chi connectivity index (χ1) is 9.55. The van der Waals surface area contributed by atoms with Crippen LogP contribution in [0, 0.1) is 0 Å². The molecule has 2 rings (SSSR count). The summed E-state index contributed by atoms with van der Waals surface area (Å²) in [4.78, 5) is 0. The van der Waals surface area contributed by atoms with Gasteiger partial charge in [0.25, 0.3) is 0 Å². The highest BCUT2D eigenvalue weighted by Crippen LogP contribution is 2.24. The molecule has 0 N–H and O–H groups in total. The lowest BCUT2D eigenvalue weighted by atomic mass is 9.87. The highest BCUT2D eigenvalue weighted by atomic mass is 16.5. The Morgan fingerprint density at radius 1 is 0.900 bits per heavy atom. The van der Waals surface area contributed by atoms with Crippen molar-refractivity contribution in [1.82, 2.24) is 0 Å². The summed E-state index contributed by atoms with van der Waals surface area (Å²) in [6.45, 7) is 7.23. The molecule has 0 unspecified atom stereocenters. The first kappa shape index (κ1) is 14.4. The maximum atomic E-state index is 5.71. The van der Waals surface area contributed by atoms with Crippen molar-refractivity contribution >= 4 is 6.08 Å². The van der Waals surface area contributed by atoms with Crippen molar-refractivity contribution < 1.29 is 4.74 Å². The molecule has 0 radical (unpaired) electrons. The van der Waals surface area contributed by atoms with E-state index in [1.165, 1.54) is 11.1 Å². The minimum Gasteiger partial charge on any atom is -0.490 e. The van der Waals surface area contributed by atoms with Crippen LogP contribution >= 0.6 is 0 Å². The normalized spacial score (nSPS) is 11.8. The van der Waals surface area contributed by atoms with Crippen LogP contribution in [0.1, 0.15) is 31.9 Å². The maximum absolute atomic E-state index is 5.71. The van der Waals surface area contributed by atoms with Gasteiger partial charge in [0, 0.05) is 0 Å². The van der Waals surface area contributed by atoms with Crippen molar-refractivity contribution in [3.63, 3.8) is 0 Å². The molecule has 0 amide bonds. The van der Waals surface area contributed by atoms with E-state index < -0.39 is 0 Å². The summed E-state index contributed by atoms with van der Waals surface area (Å²) in [5.41, 5.74) is 2.70. The van der Waals surface area contributed by atoms with E-state index in [1.807, 2.05) is 36.4 Å². The fraction of sp³-hybridized carbons (Fsp3) is 0.263. The molecule has 0 aliphatic rings. The van der Waals surface area contributed by atoms with Crippen molar-refractivity contribution in [1.29, 1.82) is 0 Å². The molecule has 2 aromatic carbocycles. The van der Waals surface area contributed by atoms with Gasteiger partial charge in [-0.15, -0.1) is 0 Å². The molecule has 2 aromatic rings. The van der Waals surface area contributed by atoms with Crippen molar-refractivity contribution in [2.75, 3.05) is 6.61 Å². The van der Waals surface area contributed by atoms with E-state index in [-0.39, 0.29) is 5.41 Å². The predicted molar refractivity (Wildman–Crippen MR) is 86.1 cm³/mol. The first-order valence-electron chi connectivity index (χ1n) is 7.01. The lowest BCUT2D eigenvalue weighted by Crippen LogP contribution is -2.10. The SMILES string of the molecule is CC(C)(C)c1ccc(OCC=Cc2ccccc2)cc1. The Balaban J connectivity index is 1.87. The van der Waals surface area contributed by atoms with Crippen LogP contribution in [-0.4, -0.2) is 6.61 Å². The quantitative estimate of drug-likeness (QED) is 0.750. The number of hydrogen-bond donors (Lipinski definition) is 0. The molecule has 0 heterocycles. The second kappa shape index (κ2) is 6.42. The minimum absolute atomic E-state index is 0.186. The molecule has 0 aliphatic carbocycles. The van der Waals surface area contributed by atoms with E-state index in [9.17, 15) is 0 Å². The van der Waals surface area contributed by atoms with Gasteiger partial charge in [-0.1, -0.05) is 69.3 Å². The highest BCUT2D eigenvalue weighted by Gasteiger charge is 2.12. The molecule has 0 bridgehead atoms. The molecule has 1 heteroatoms. The Morgan fingerprint density at radius 2 is 1.55 bits per heavy atom. The van der Waals surface area contributed by atoms with E-state index >= 15 is 0 Å². The lowest BCUT2D eigenvalue weighted by Gasteiger charge is -2.19. The van der Waals surface area contributed by atoms with Crippen LogP contribution in [0.4, 0.5) is 0 Å². The van der Waals surface area contributed by atoms with Crippen molar-refractivity contribution in [3.8, 4) is 5.75 Å². The zero-order valence-corrected chi connectivity index (χ0v) is 12.5. The Bertz CT molecular complexity index is 545. The number of hydrogen-bond acceptors (Lipinski definition) is 1. The van der Waals surface area contributed by atoms with E-state index in [2.05, 4.69) is 51.1 Å². The zero-order chi connectivity index (χ0) is 14.4. The summed E-state index contributed by atoms with van der Waals surface area (Å²) < 4.78 is 5.71. The average molecular weight is 266 g/mol. The molecule has 0 aliphatic heterocycles. The molecule has 104 valence electrons. The van der Waals surface area contributed by atoms with Gasteiger partial charge in [0.2, 0.25) is 0 Å². The molecule has 0 atom stereocenters. The van der Waals surface area contributed by atoms with Gasteiger partial charge < -0.3 is 4.74 Å². The Kier molecular flexibility index (Phi) is 4.62. The topological polar surface area (TPSA) is 9.23 Å². The molecule has 1 nitrogen and oxygen atoms in total. The Hall–Kier alpha value is -2.02. The van der Waals surface area contributed by atoms with Gasteiger partial charge in [0.1, 0.15) is 12.4 Å². The Labute approximate surface area is 121 Å². The number of rotatable bonds is 4. The van der Waals surface area contributed by atoms with Crippen molar-refractivity contribution in [2.45, 2.75) is 26.2 Å². The summed E-state index contributed by atoms with van der Waals surface area (Å²) >= 11 is 0. The van der Waals surface area contributed by atoms with Gasteiger partial charge in [0.15, 0.2) is 0 Å². The van der Waals surface area contributed by atoms with E-state index in [0.29, 0.717) is 6.61 Å². The molecule has 20 heavy (non-hydrogen) atoms. The molecule has 0 saturated heterocycles. The van der Waals surface area contributed by atoms with Crippen molar-refractivity contribution in [3.05, 3.63) is 71.8 Å². The second-order valence-electron chi connectivity index (χ2n) is 5.90. The van der Waals surface area contributed by atoms with Gasteiger partial charge in [-0.05, 0) is 34.8 Å². The molecule has 0 spiro atoms. The summed E-state index contributed by atoms with van der Waals surface area (Å²) in [5, 5.41) is 0. The summed E-state index contributed by atoms with van der Waals surface area (Å²) in [5.74, 6) is 0.913. The second-order valence-corrected chi connectivity index (χ2v) is 5.90. The lowest BCUT2D eigenvalue weighted by molar-refractivity contribution is 0.363. The van der Waals surface area contributed by atoms with Crippen LogP contribution in [0.25, 0.3) is 6.08 Å². The maximum Gasteiger partial charge on any atom is 0.119 e. The van der Waals surface area contributed by atoms with Crippen LogP contribution in [0.2, 0.25) is 0 Å². The largest absolute Gasteiger partial charge is 0.490 e. The molecular formula is C19H22O. The summed E-state index contributed by atoms with van der Waals surface area (Å²) in [6.07, 6.45) is 4.11. The highest BCUT2D eigenvalue weighted by molar-refractivity contribution is 5.48. The average Bonchev–Trinajstić information content (AvgIpc) is 2.44. The van der Waals surface area contributed by atoms with Crippen LogP contribution in [0.3, 0.4) is 0 Å². The van der Waals surface area contributed by atoms with Crippen LogP contribution in [0.5, 0.6) is 5.75 Å². The van der Waals surface area contributed by atoms with E-state index in [1.54, 1.807) is 0 Å². The van der Waals surface area contributed by atoms with Gasteiger partial charge in [-0.25, -0.2) is 0 Å². The number of ether oxygens (including phenoxy) is 1. The smallest absolute Gasteiger partial charge is 0.119 e. The third-order valence-corrected chi connectivity index (χ3v) is 3.18. The van der Waals surface area contributed by atoms with E-state index in [4.69, 9.17) is 4.74 Å². The molecular weight excluding hydrogens is 244 g/mol. The molecule has 0 aromatic heterocycles. The fourth-order valence-electron chi connectivity index (χ4n) is 1.94. The minimum atomic E-state index is 0.186. The zero-order valence-electron chi connectivity index (χ0n) is 12.5. The van der Waals surface area contributed by atoms with Gasteiger partial charge in [-0.3, -0.25) is 0 Å². The predicted octanol–water partition coefficient (Wildman–Crippen LogP) is 5.08. The molecule has 0 fully saturated rings. The van der Waals surface area contributed by atoms with Crippen molar-refractivity contribution in [2.24, 2.45) is 0 Å². The Morgan fingerprint density at radius 3 is 2.15 bits per heavy atom. The number of benzene rings is 2. The molecule has 0 saturated carbocycles. The standard InChI is InChI=1S/C19H22O/c1-19(2,3)17-11-13-18(14-12-17)20-15-7-10-16-8-5-4-6-9-16/h4-14H,15H2,1-3H3. The van der Waals surface area contributed by atoms with Gasteiger partial charge in [-0.2, -0.15) is 0 Å². The van der Waals surface area contributed by atoms with Gasteiger partial charge >= 0.3 is 0 Å². The van der Waals surface area contributed by atoms with Crippen LogP contribution in [0.15, 0.2) is 60.7 Å². The van der Waals surface area contributed by atoms with Gasteiger partial charge in [0.05, 0.1) is 0 Å². The van der Waals surface area contributed by atoms with Crippen LogP contribution < -0.4 is 4.74 Å². The summed E-state index contributed by atoms with van der Waals surface area (Å²) in [6, 6.07) is 18.6. The fourth-order valence-corrected chi connectivity index (χ4v) is 1.94.